The van der Waals surface area contributed by atoms with E-state index in [1.165, 1.54) is 0 Å². The number of carbonyl (C=O) groups is 1. The van der Waals surface area contributed by atoms with Crippen LogP contribution in [-0.4, -0.2) is 30.9 Å². The first kappa shape index (κ1) is 13.6. The van der Waals surface area contributed by atoms with E-state index in [0.29, 0.717) is 0 Å². The van der Waals surface area contributed by atoms with E-state index in [1.807, 2.05) is 43.3 Å². The Hall–Kier alpha value is -1.51. The van der Waals surface area contributed by atoms with Gasteiger partial charge in [-0.05, 0) is 37.6 Å². The minimum atomic E-state index is 0.0913. The normalized spacial score (nSPS) is 12.0. The van der Waals surface area contributed by atoms with Crippen molar-refractivity contribution in [2.24, 2.45) is 0 Å². The first-order chi connectivity index (χ1) is 8.10. The summed E-state index contributed by atoms with van der Waals surface area (Å²) < 4.78 is 0. The number of nitrogens with zero attached hydrogens (tertiary/aromatic N) is 1. The van der Waals surface area contributed by atoms with Crippen LogP contribution in [0.5, 0.6) is 0 Å². The van der Waals surface area contributed by atoms with Crippen LogP contribution in [0.25, 0.3) is 0 Å². The molecule has 17 heavy (non-hydrogen) atoms. The zero-order valence-electron chi connectivity index (χ0n) is 11.2. The van der Waals surface area contributed by atoms with Crippen molar-refractivity contribution in [2.45, 2.75) is 32.7 Å². The van der Waals surface area contributed by atoms with Crippen LogP contribution in [-0.2, 0) is 0 Å². The summed E-state index contributed by atoms with van der Waals surface area (Å²) in [7, 11) is 3.74. The molecule has 0 heterocycles. The van der Waals surface area contributed by atoms with E-state index in [9.17, 15) is 4.79 Å². The monoisotopic (exact) mass is 234 g/mol. The molecule has 0 radical (unpaired) electrons. The molecule has 1 unspecified atom stereocenters. The van der Waals surface area contributed by atoms with Crippen LogP contribution in [0.2, 0.25) is 0 Å². The lowest BCUT2D eigenvalue weighted by Crippen LogP contribution is -2.34. The lowest BCUT2D eigenvalue weighted by molar-refractivity contribution is 0.0737. The highest BCUT2D eigenvalue weighted by atomic mass is 16.2. The van der Waals surface area contributed by atoms with E-state index in [0.717, 1.165) is 24.1 Å². The average molecular weight is 234 g/mol. The molecular weight excluding hydrogens is 212 g/mol. The molecule has 0 saturated carbocycles. The molecule has 3 heteroatoms. The molecule has 1 rings (SSSR count). The smallest absolute Gasteiger partial charge is 0.253 e. The van der Waals surface area contributed by atoms with Crippen LogP contribution in [0.4, 0.5) is 5.69 Å². The molecule has 0 aliphatic carbocycles. The second-order valence-electron chi connectivity index (χ2n) is 4.38. The maximum absolute atomic E-state index is 12.2. The summed E-state index contributed by atoms with van der Waals surface area (Å²) in [5, 5.41) is 3.04. The van der Waals surface area contributed by atoms with Crippen molar-refractivity contribution in [2.75, 3.05) is 19.4 Å². The maximum Gasteiger partial charge on any atom is 0.253 e. The quantitative estimate of drug-likeness (QED) is 0.849. The van der Waals surface area contributed by atoms with Crippen molar-refractivity contribution in [3.8, 4) is 0 Å². The van der Waals surface area contributed by atoms with Gasteiger partial charge in [-0.2, -0.15) is 0 Å². The third-order valence-corrected chi connectivity index (χ3v) is 3.11. The van der Waals surface area contributed by atoms with Gasteiger partial charge in [0.05, 0.1) is 0 Å². The Morgan fingerprint density at radius 1 is 1.35 bits per heavy atom. The summed E-state index contributed by atoms with van der Waals surface area (Å²) in [5.41, 5.74) is 1.76. The molecule has 0 aromatic heterocycles. The van der Waals surface area contributed by atoms with Crippen LogP contribution in [0.3, 0.4) is 0 Å². The molecule has 0 saturated heterocycles. The van der Waals surface area contributed by atoms with Crippen LogP contribution in [0, 0.1) is 0 Å². The Morgan fingerprint density at radius 3 is 2.41 bits per heavy atom. The predicted octanol–water partition coefficient (Wildman–Crippen LogP) is 2.99. The van der Waals surface area contributed by atoms with Gasteiger partial charge < -0.3 is 10.2 Å². The number of hydrogen-bond donors (Lipinski definition) is 1. The summed E-state index contributed by atoms with van der Waals surface area (Å²) in [6.45, 7) is 4.22. The van der Waals surface area contributed by atoms with Gasteiger partial charge in [0.15, 0.2) is 0 Å². The maximum atomic E-state index is 12.2. The molecule has 1 amide bonds. The van der Waals surface area contributed by atoms with Gasteiger partial charge in [-0.25, -0.2) is 0 Å². The van der Waals surface area contributed by atoms with Gasteiger partial charge in [0, 0.05) is 31.4 Å². The number of rotatable bonds is 5. The number of amides is 1. The average Bonchev–Trinajstić information content (AvgIpc) is 2.37. The molecule has 0 bridgehead atoms. The fourth-order valence-electron chi connectivity index (χ4n) is 1.79. The lowest BCUT2D eigenvalue weighted by Gasteiger charge is -2.24. The van der Waals surface area contributed by atoms with Gasteiger partial charge in [-0.1, -0.05) is 13.3 Å². The molecule has 94 valence electrons. The molecule has 1 N–H and O–H groups in total. The summed E-state index contributed by atoms with van der Waals surface area (Å²) in [5.74, 6) is 0.0913. The Labute approximate surface area is 104 Å². The van der Waals surface area contributed by atoms with E-state index in [4.69, 9.17) is 0 Å². The minimum absolute atomic E-state index is 0.0913. The van der Waals surface area contributed by atoms with Gasteiger partial charge in [-0.3, -0.25) is 4.79 Å². The molecule has 0 fully saturated rings. The van der Waals surface area contributed by atoms with Crippen molar-refractivity contribution < 1.29 is 4.79 Å². The first-order valence-corrected chi connectivity index (χ1v) is 6.15. The second kappa shape index (κ2) is 6.28. The summed E-state index contributed by atoms with van der Waals surface area (Å²) >= 11 is 0. The molecule has 0 aliphatic rings. The first-order valence-electron chi connectivity index (χ1n) is 6.15. The van der Waals surface area contributed by atoms with E-state index in [1.54, 1.807) is 0 Å². The van der Waals surface area contributed by atoms with E-state index < -0.39 is 0 Å². The molecule has 1 aromatic rings. The number of benzene rings is 1. The van der Waals surface area contributed by atoms with Crippen molar-refractivity contribution in [3.63, 3.8) is 0 Å². The lowest BCUT2D eigenvalue weighted by atomic mass is 10.1. The van der Waals surface area contributed by atoms with Crippen LogP contribution < -0.4 is 5.32 Å². The molecule has 3 nitrogen and oxygen atoms in total. The van der Waals surface area contributed by atoms with Gasteiger partial charge in [0.2, 0.25) is 0 Å². The van der Waals surface area contributed by atoms with Crippen molar-refractivity contribution in [3.05, 3.63) is 29.8 Å². The molecule has 0 spiro atoms. The highest BCUT2D eigenvalue weighted by Gasteiger charge is 2.16. The molecule has 0 aliphatic heterocycles. The molecule has 1 atom stereocenters. The number of anilines is 1. The third kappa shape index (κ3) is 3.48. The number of carbonyl (C=O) groups excluding carboxylic acids is 1. The van der Waals surface area contributed by atoms with E-state index in [-0.39, 0.29) is 11.9 Å². The van der Waals surface area contributed by atoms with E-state index in [2.05, 4.69) is 19.2 Å². The van der Waals surface area contributed by atoms with Crippen LogP contribution >= 0.6 is 0 Å². The van der Waals surface area contributed by atoms with Gasteiger partial charge in [-0.15, -0.1) is 0 Å². The molecule has 1 aromatic carbocycles. The Bertz CT molecular complexity index is 359. The van der Waals surface area contributed by atoms with Gasteiger partial charge >= 0.3 is 0 Å². The summed E-state index contributed by atoms with van der Waals surface area (Å²) in [6.07, 6.45) is 2.13. The van der Waals surface area contributed by atoms with Crippen molar-refractivity contribution in [1.82, 2.24) is 4.90 Å². The van der Waals surface area contributed by atoms with E-state index >= 15 is 0 Å². The minimum Gasteiger partial charge on any atom is -0.388 e. The fourth-order valence-corrected chi connectivity index (χ4v) is 1.79. The number of nitrogens with one attached hydrogen (secondary N) is 1. The SMILES string of the molecule is CCCC(C)N(C)C(=O)c1ccc(NC)cc1. The number of hydrogen-bond acceptors (Lipinski definition) is 2. The summed E-state index contributed by atoms with van der Waals surface area (Å²) in [4.78, 5) is 14.0. The van der Waals surface area contributed by atoms with Crippen LogP contribution in [0.1, 0.15) is 37.0 Å². The highest BCUT2D eigenvalue weighted by molar-refractivity contribution is 5.94. The zero-order chi connectivity index (χ0) is 12.8. The summed E-state index contributed by atoms with van der Waals surface area (Å²) in [6, 6.07) is 7.86. The second-order valence-corrected chi connectivity index (χ2v) is 4.38. The topological polar surface area (TPSA) is 32.3 Å². The van der Waals surface area contributed by atoms with Crippen LogP contribution in [0.15, 0.2) is 24.3 Å². The molecular formula is C14H22N2O. The van der Waals surface area contributed by atoms with Crippen molar-refractivity contribution >= 4 is 11.6 Å². The standard InChI is InChI=1S/C14H22N2O/c1-5-6-11(2)16(4)14(17)12-7-9-13(15-3)10-8-12/h7-11,15H,5-6H2,1-4H3. The Kier molecular flexibility index (Phi) is 5.01. The zero-order valence-corrected chi connectivity index (χ0v) is 11.2. The largest absolute Gasteiger partial charge is 0.388 e. The van der Waals surface area contributed by atoms with Crippen molar-refractivity contribution in [1.29, 1.82) is 0 Å². The van der Waals surface area contributed by atoms with Gasteiger partial charge in [0.25, 0.3) is 5.91 Å². The Morgan fingerprint density at radius 2 is 1.94 bits per heavy atom. The fraction of sp³-hybridized carbons (Fsp3) is 0.500. The highest BCUT2D eigenvalue weighted by Crippen LogP contribution is 2.13. The predicted molar refractivity (Wildman–Crippen MR) is 72.5 cm³/mol. The Balaban J connectivity index is 2.74. The third-order valence-electron chi connectivity index (χ3n) is 3.11. The van der Waals surface area contributed by atoms with Gasteiger partial charge in [0.1, 0.15) is 0 Å².